The second-order valence-electron chi connectivity index (χ2n) is 10.0. The summed E-state index contributed by atoms with van der Waals surface area (Å²) in [7, 11) is -2.76. The molecule has 3 heterocycles. The van der Waals surface area contributed by atoms with Gasteiger partial charge < -0.3 is 35.1 Å². The Balaban J connectivity index is 1.21. The molecular formula is C29H26ClN6O8P. The number of nitrogen functional groups attached to an aromatic ring is 1. The second kappa shape index (κ2) is 12.9. The minimum absolute atomic E-state index is 0.0744. The summed E-state index contributed by atoms with van der Waals surface area (Å²) in [5, 5.41) is 22.9. The molecule has 1 aliphatic heterocycles. The molecule has 1 saturated heterocycles. The number of aromatic nitrogens is 4. The smallest absolute Gasteiger partial charge is 0.395 e. The van der Waals surface area contributed by atoms with Crippen LogP contribution in [0.4, 0.5) is 5.82 Å². The molecule has 232 valence electrons. The van der Waals surface area contributed by atoms with Crippen molar-refractivity contribution in [3.05, 3.63) is 78.3 Å². The molecule has 6 rings (SSSR count). The SMILES string of the molecule is C[C@H](N=[P+]([O-])Oc1c(OC[C@H]2O[C@@H](n3c(Cl)nc4c(N)ncnc43)[C@H](O)[C@@H]2O)ccc2ccccc12)C(=O)Oc1ccccc1. The van der Waals surface area contributed by atoms with Crippen molar-refractivity contribution in [2.75, 3.05) is 12.3 Å². The van der Waals surface area contributed by atoms with Crippen molar-refractivity contribution in [3.8, 4) is 17.2 Å². The van der Waals surface area contributed by atoms with E-state index >= 15 is 0 Å². The van der Waals surface area contributed by atoms with Crippen LogP contribution in [0, 0.1) is 0 Å². The lowest BCUT2D eigenvalue weighted by Gasteiger charge is -2.18. The van der Waals surface area contributed by atoms with Gasteiger partial charge in [0, 0.05) is 5.39 Å². The Kier molecular flexibility index (Phi) is 8.76. The van der Waals surface area contributed by atoms with Gasteiger partial charge in [0.1, 0.15) is 37.0 Å². The second-order valence-corrected chi connectivity index (χ2v) is 11.2. The minimum atomic E-state index is -2.76. The number of benzene rings is 3. The van der Waals surface area contributed by atoms with E-state index in [1.165, 1.54) is 17.8 Å². The van der Waals surface area contributed by atoms with E-state index in [0.717, 1.165) is 5.39 Å². The molecule has 4 N–H and O–H groups in total. The molecular weight excluding hydrogens is 627 g/mol. The van der Waals surface area contributed by atoms with E-state index in [4.69, 9.17) is 36.1 Å². The van der Waals surface area contributed by atoms with Crippen molar-refractivity contribution >= 4 is 53.5 Å². The van der Waals surface area contributed by atoms with Gasteiger partial charge >= 0.3 is 14.1 Å². The van der Waals surface area contributed by atoms with Gasteiger partial charge in [-0.1, -0.05) is 53.3 Å². The molecule has 0 spiro atoms. The largest absolute Gasteiger partial charge is 0.575 e. The zero-order valence-electron chi connectivity index (χ0n) is 23.5. The van der Waals surface area contributed by atoms with Gasteiger partial charge in [0.25, 0.3) is 0 Å². The molecule has 14 nitrogen and oxygen atoms in total. The quantitative estimate of drug-likeness (QED) is 0.0911. The topological polar surface area (TPSA) is 199 Å². The summed E-state index contributed by atoms with van der Waals surface area (Å²) >= 11 is 6.32. The van der Waals surface area contributed by atoms with Crippen LogP contribution in [0.5, 0.6) is 17.2 Å². The highest BCUT2D eigenvalue weighted by molar-refractivity contribution is 7.34. The third-order valence-corrected chi connectivity index (χ3v) is 8.18. The lowest BCUT2D eigenvalue weighted by molar-refractivity contribution is -0.169. The highest BCUT2D eigenvalue weighted by atomic mass is 35.5. The Bertz CT molecular complexity index is 1890. The van der Waals surface area contributed by atoms with Crippen LogP contribution in [0.25, 0.3) is 21.9 Å². The van der Waals surface area contributed by atoms with Crippen molar-refractivity contribution < 1.29 is 38.6 Å². The molecule has 16 heteroatoms. The fraction of sp³-hybridized carbons (Fsp3) is 0.241. The lowest BCUT2D eigenvalue weighted by atomic mass is 10.1. The molecule has 1 unspecified atom stereocenters. The first-order chi connectivity index (χ1) is 21.7. The number of carbonyl (C=O) groups excluding carboxylic acids is 1. The summed E-state index contributed by atoms with van der Waals surface area (Å²) < 4.78 is 28.3. The fourth-order valence-corrected chi connectivity index (χ4v) is 5.82. The van der Waals surface area contributed by atoms with Crippen LogP contribution in [-0.4, -0.2) is 66.7 Å². The maximum absolute atomic E-state index is 13.0. The first kappa shape index (κ1) is 30.6. The molecule has 0 bridgehead atoms. The number of fused-ring (bicyclic) bond motifs is 2. The van der Waals surface area contributed by atoms with Gasteiger partial charge in [0.15, 0.2) is 35.0 Å². The number of para-hydroxylation sites is 1. The Morgan fingerprint density at radius 1 is 1.13 bits per heavy atom. The summed E-state index contributed by atoms with van der Waals surface area (Å²) in [6.07, 6.45) is -3.81. The number of carbonyl (C=O) groups is 1. The average Bonchev–Trinajstić information content (AvgIpc) is 3.52. The van der Waals surface area contributed by atoms with E-state index in [-0.39, 0.29) is 40.4 Å². The summed E-state index contributed by atoms with van der Waals surface area (Å²) in [6.45, 7) is 1.19. The summed E-state index contributed by atoms with van der Waals surface area (Å²) in [5.74, 6) is -0.0305. The van der Waals surface area contributed by atoms with Gasteiger partial charge in [0.2, 0.25) is 11.0 Å². The molecule has 1 aliphatic rings. The molecule has 0 aliphatic carbocycles. The van der Waals surface area contributed by atoms with Crippen molar-refractivity contribution in [1.82, 2.24) is 19.5 Å². The van der Waals surface area contributed by atoms with Gasteiger partial charge in [-0.05, 0) is 42.1 Å². The van der Waals surface area contributed by atoms with Crippen LogP contribution in [0.3, 0.4) is 0 Å². The molecule has 0 saturated carbocycles. The molecule has 0 radical (unpaired) electrons. The van der Waals surface area contributed by atoms with Gasteiger partial charge in [-0.3, -0.25) is 9.09 Å². The van der Waals surface area contributed by atoms with Gasteiger partial charge in [-0.2, -0.15) is 0 Å². The van der Waals surface area contributed by atoms with Crippen molar-refractivity contribution in [2.45, 2.75) is 37.5 Å². The first-order valence-corrected chi connectivity index (χ1v) is 15.1. The van der Waals surface area contributed by atoms with E-state index in [1.54, 1.807) is 54.6 Å². The predicted molar refractivity (Wildman–Crippen MR) is 162 cm³/mol. The van der Waals surface area contributed by atoms with E-state index in [0.29, 0.717) is 11.1 Å². The van der Waals surface area contributed by atoms with Crippen LogP contribution in [0.2, 0.25) is 5.28 Å². The Morgan fingerprint density at radius 3 is 2.69 bits per heavy atom. The average molecular weight is 653 g/mol. The zero-order chi connectivity index (χ0) is 31.7. The minimum Gasteiger partial charge on any atom is -0.575 e. The number of ether oxygens (including phenoxy) is 3. The highest BCUT2D eigenvalue weighted by Crippen LogP contribution is 2.41. The number of aliphatic hydroxyl groups is 2. The van der Waals surface area contributed by atoms with Crippen LogP contribution in [-0.2, 0) is 9.53 Å². The number of esters is 1. The number of imidazole rings is 1. The van der Waals surface area contributed by atoms with Crippen LogP contribution >= 0.6 is 19.8 Å². The number of halogens is 1. The molecule has 1 fully saturated rings. The number of nitrogens with zero attached hydrogens (tertiary/aromatic N) is 5. The summed E-state index contributed by atoms with van der Waals surface area (Å²) in [6, 6.07) is 17.9. The third kappa shape index (κ3) is 6.25. The highest BCUT2D eigenvalue weighted by Gasteiger charge is 2.45. The van der Waals surface area contributed by atoms with Crippen LogP contribution in [0.15, 0.2) is 77.8 Å². The number of hydrogen-bond donors (Lipinski definition) is 3. The maximum Gasteiger partial charge on any atom is 0.395 e. The molecule has 45 heavy (non-hydrogen) atoms. The van der Waals surface area contributed by atoms with E-state index in [1.807, 2.05) is 12.1 Å². The number of rotatable bonds is 9. The van der Waals surface area contributed by atoms with Gasteiger partial charge in [-0.25, -0.2) is 19.7 Å². The number of hydrogen-bond acceptors (Lipinski definition) is 13. The fourth-order valence-electron chi connectivity index (χ4n) is 4.79. The number of nitrogens with two attached hydrogens (primary N) is 1. The van der Waals surface area contributed by atoms with Crippen molar-refractivity contribution in [2.24, 2.45) is 4.74 Å². The predicted octanol–water partition coefficient (Wildman–Crippen LogP) is 3.14. The Labute approximate surface area is 261 Å². The van der Waals surface area contributed by atoms with Gasteiger partial charge in [-0.15, -0.1) is 0 Å². The number of aliphatic hydroxyl groups excluding tert-OH is 2. The monoisotopic (exact) mass is 652 g/mol. The molecule has 3 aromatic carbocycles. The Hall–Kier alpha value is -4.43. The van der Waals surface area contributed by atoms with E-state index < -0.39 is 44.7 Å². The molecule has 6 atom stereocenters. The molecule has 2 aromatic heterocycles. The lowest BCUT2D eigenvalue weighted by Crippen LogP contribution is -2.34. The standard InChI is InChI=1S/C29H26ClN6O8P/c1-15(28(39)42-17-8-3-2-4-9-17)35-45(40)44-24-18-10-6-5-7-16(18)11-12-19(24)41-13-20-22(37)23(38)27(43-20)36-26-21(34-29(36)30)25(31)32-14-33-26/h2-12,14-15,20,22-23,27,37-38H,13H2,1H3,(H2,31,32,33)/t15-,20+,22+,23+,27+/m0/s1. The zero-order valence-corrected chi connectivity index (χ0v) is 25.2. The first-order valence-electron chi connectivity index (χ1n) is 13.6. The van der Waals surface area contributed by atoms with E-state index in [2.05, 4.69) is 19.7 Å². The van der Waals surface area contributed by atoms with Crippen LogP contribution in [0.1, 0.15) is 13.2 Å². The summed E-state index contributed by atoms with van der Waals surface area (Å²) in [5.41, 5.74) is 6.31. The third-order valence-electron chi connectivity index (χ3n) is 7.04. The summed E-state index contributed by atoms with van der Waals surface area (Å²) in [4.78, 5) is 37.7. The normalized spacial score (nSPS) is 20.8. The maximum atomic E-state index is 13.0. The molecule has 5 aromatic rings. The Morgan fingerprint density at radius 2 is 1.89 bits per heavy atom. The van der Waals surface area contributed by atoms with E-state index in [9.17, 15) is 19.9 Å². The van der Waals surface area contributed by atoms with Crippen molar-refractivity contribution in [3.63, 3.8) is 0 Å². The number of anilines is 1. The van der Waals surface area contributed by atoms with Crippen molar-refractivity contribution in [1.29, 1.82) is 0 Å². The molecule has 0 amide bonds. The van der Waals surface area contributed by atoms with Gasteiger partial charge in [0.05, 0.1) is 0 Å². The van der Waals surface area contributed by atoms with Crippen LogP contribution < -0.4 is 24.6 Å².